The fourth-order valence-corrected chi connectivity index (χ4v) is 6.62. The van der Waals surface area contributed by atoms with Gasteiger partial charge in [0.2, 0.25) is 5.79 Å². The van der Waals surface area contributed by atoms with E-state index in [1.807, 2.05) is 19.9 Å². The maximum absolute atomic E-state index is 6.65. The summed E-state index contributed by atoms with van der Waals surface area (Å²) >= 11 is 0. The fraction of sp³-hybridized carbons (Fsp3) is 0.486. The van der Waals surface area contributed by atoms with Crippen molar-refractivity contribution in [3.05, 3.63) is 96.1 Å². The molecule has 1 saturated carbocycles. The molecule has 4 aliphatic rings. The molecule has 3 aromatic rings. The molecule has 3 aliphatic heterocycles. The first-order valence-electron chi connectivity index (χ1n) is 15.1. The molecule has 216 valence electrons. The molecule has 1 spiro atoms. The zero-order valence-corrected chi connectivity index (χ0v) is 23.9. The number of benzene rings is 3. The lowest BCUT2D eigenvalue weighted by molar-refractivity contribution is -0.336. The van der Waals surface area contributed by atoms with Crippen LogP contribution in [0.3, 0.4) is 0 Å². The maximum atomic E-state index is 6.65. The van der Waals surface area contributed by atoms with Crippen molar-refractivity contribution >= 4 is 0 Å². The lowest BCUT2D eigenvalue weighted by atomic mass is 9.97. The van der Waals surface area contributed by atoms with E-state index >= 15 is 0 Å². The van der Waals surface area contributed by atoms with Crippen LogP contribution in [-0.4, -0.2) is 49.4 Å². The van der Waals surface area contributed by atoms with E-state index in [1.54, 1.807) is 0 Å². The van der Waals surface area contributed by atoms with E-state index in [9.17, 15) is 0 Å². The van der Waals surface area contributed by atoms with Gasteiger partial charge in [-0.05, 0) is 67.7 Å². The number of fused-ring (bicyclic) bond motifs is 1. The summed E-state index contributed by atoms with van der Waals surface area (Å²) in [6.07, 6.45) is 3.49. The minimum absolute atomic E-state index is 0.186. The third kappa shape index (κ3) is 5.87. The Balaban J connectivity index is 1.01. The highest BCUT2D eigenvalue weighted by molar-refractivity contribution is 5.63. The molecule has 6 heteroatoms. The summed E-state index contributed by atoms with van der Waals surface area (Å²) in [4.78, 5) is 0. The van der Waals surface area contributed by atoms with Crippen LogP contribution in [0.25, 0.3) is 11.1 Å². The smallest absolute Gasteiger partial charge is 0.224 e. The summed E-state index contributed by atoms with van der Waals surface area (Å²) in [5, 5.41) is 0. The molecule has 0 N–H and O–H groups in total. The average Bonchev–Trinajstić information content (AvgIpc) is 3.52. The summed E-state index contributed by atoms with van der Waals surface area (Å²) in [5.41, 5.74) is 4.86. The van der Waals surface area contributed by atoms with E-state index in [-0.39, 0.29) is 18.5 Å². The SMILES string of the molecule is CC1(C)OC[C@]2(OC[C@H]3O[C@@H]([C@@H]4C[C@@H]4CCCc4ccccc4)O[C@H]3[C@@H]2OCc2ccc(-c3ccccc3)cc2)O1. The number of ether oxygens (including phenoxy) is 6. The molecule has 1 aliphatic carbocycles. The molecule has 0 unspecified atom stereocenters. The normalized spacial score (nSPS) is 33.6. The fourth-order valence-electron chi connectivity index (χ4n) is 6.62. The zero-order valence-electron chi connectivity index (χ0n) is 23.9. The van der Waals surface area contributed by atoms with Crippen LogP contribution >= 0.6 is 0 Å². The topological polar surface area (TPSA) is 55.4 Å². The maximum Gasteiger partial charge on any atom is 0.224 e. The largest absolute Gasteiger partial charge is 0.365 e. The van der Waals surface area contributed by atoms with E-state index in [4.69, 9.17) is 28.4 Å². The second-order valence-electron chi connectivity index (χ2n) is 12.4. The minimum Gasteiger partial charge on any atom is -0.365 e. The number of aryl methyl sites for hydroxylation is 1. The van der Waals surface area contributed by atoms with Crippen molar-refractivity contribution in [1.82, 2.24) is 0 Å². The third-order valence-electron chi connectivity index (χ3n) is 8.93. The van der Waals surface area contributed by atoms with Gasteiger partial charge in [-0.2, -0.15) is 0 Å². The van der Waals surface area contributed by atoms with Gasteiger partial charge in [0.15, 0.2) is 12.1 Å². The van der Waals surface area contributed by atoms with Crippen LogP contribution in [0.4, 0.5) is 0 Å². The van der Waals surface area contributed by atoms with Crippen molar-refractivity contribution in [2.24, 2.45) is 11.8 Å². The van der Waals surface area contributed by atoms with Crippen molar-refractivity contribution in [2.45, 2.75) is 82.3 Å². The van der Waals surface area contributed by atoms with Crippen molar-refractivity contribution in [3.63, 3.8) is 0 Å². The van der Waals surface area contributed by atoms with Crippen LogP contribution in [0.15, 0.2) is 84.9 Å². The van der Waals surface area contributed by atoms with Crippen molar-refractivity contribution < 1.29 is 28.4 Å². The lowest BCUT2D eigenvalue weighted by Crippen LogP contribution is -2.62. The van der Waals surface area contributed by atoms with Gasteiger partial charge in [-0.15, -0.1) is 0 Å². The highest BCUT2D eigenvalue weighted by Gasteiger charge is 2.63. The quantitative estimate of drug-likeness (QED) is 0.299. The molecule has 3 aromatic carbocycles. The van der Waals surface area contributed by atoms with Crippen LogP contribution in [0.1, 0.15) is 44.2 Å². The third-order valence-corrected chi connectivity index (χ3v) is 8.93. The Morgan fingerprint density at radius 1 is 0.805 bits per heavy atom. The Kier molecular flexibility index (Phi) is 7.48. The van der Waals surface area contributed by atoms with Gasteiger partial charge in [0, 0.05) is 5.92 Å². The molecule has 3 heterocycles. The first-order valence-corrected chi connectivity index (χ1v) is 15.1. The van der Waals surface area contributed by atoms with Gasteiger partial charge in [0.05, 0.1) is 13.2 Å². The van der Waals surface area contributed by atoms with Crippen LogP contribution < -0.4 is 0 Å². The van der Waals surface area contributed by atoms with E-state index in [0.717, 1.165) is 18.4 Å². The van der Waals surface area contributed by atoms with Gasteiger partial charge in [-0.25, -0.2) is 0 Å². The molecule has 4 fully saturated rings. The summed E-state index contributed by atoms with van der Waals surface area (Å²) < 4.78 is 38.5. The predicted octanol–water partition coefficient (Wildman–Crippen LogP) is 6.52. The summed E-state index contributed by atoms with van der Waals surface area (Å²) in [5.74, 6) is -0.710. The van der Waals surface area contributed by atoms with Crippen LogP contribution in [0.2, 0.25) is 0 Å². The lowest BCUT2D eigenvalue weighted by Gasteiger charge is -2.43. The summed E-state index contributed by atoms with van der Waals surface area (Å²) in [7, 11) is 0. The highest BCUT2D eigenvalue weighted by Crippen LogP contribution is 2.51. The molecule has 0 bridgehead atoms. The van der Waals surface area contributed by atoms with Gasteiger partial charge >= 0.3 is 0 Å². The van der Waals surface area contributed by atoms with E-state index in [0.29, 0.717) is 31.7 Å². The Morgan fingerprint density at radius 2 is 1.54 bits per heavy atom. The Labute approximate surface area is 242 Å². The first-order chi connectivity index (χ1) is 20.0. The van der Waals surface area contributed by atoms with Gasteiger partial charge in [0.1, 0.15) is 24.9 Å². The molecule has 7 atom stereocenters. The van der Waals surface area contributed by atoms with Gasteiger partial charge in [-0.3, -0.25) is 0 Å². The van der Waals surface area contributed by atoms with E-state index in [2.05, 4.69) is 78.9 Å². The van der Waals surface area contributed by atoms with Crippen molar-refractivity contribution in [1.29, 1.82) is 0 Å². The van der Waals surface area contributed by atoms with Gasteiger partial charge < -0.3 is 28.4 Å². The second-order valence-corrected chi connectivity index (χ2v) is 12.4. The molecule has 7 rings (SSSR count). The molecule has 6 nitrogen and oxygen atoms in total. The molecule has 0 amide bonds. The van der Waals surface area contributed by atoms with Crippen LogP contribution in [0.5, 0.6) is 0 Å². The summed E-state index contributed by atoms with van der Waals surface area (Å²) in [6.45, 7) is 4.93. The van der Waals surface area contributed by atoms with Crippen LogP contribution in [-0.2, 0) is 41.4 Å². The second kappa shape index (κ2) is 11.3. The first kappa shape index (κ1) is 27.3. The van der Waals surface area contributed by atoms with Crippen molar-refractivity contribution in [2.75, 3.05) is 13.2 Å². The molecular weight excluding hydrogens is 516 g/mol. The molecule has 0 radical (unpaired) electrons. The number of hydrogen-bond acceptors (Lipinski definition) is 6. The predicted molar refractivity (Wildman–Crippen MR) is 155 cm³/mol. The van der Waals surface area contributed by atoms with E-state index < -0.39 is 17.7 Å². The van der Waals surface area contributed by atoms with Gasteiger partial charge in [0.25, 0.3) is 0 Å². The highest BCUT2D eigenvalue weighted by atomic mass is 16.9. The Bertz CT molecular complexity index is 1300. The Morgan fingerprint density at radius 3 is 2.27 bits per heavy atom. The zero-order chi connectivity index (χ0) is 27.9. The molecule has 0 aromatic heterocycles. The summed E-state index contributed by atoms with van der Waals surface area (Å²) in [6, 6.07) is 29.6. The molecular formula is C35H40O6. The van der Waals surface area contributed by atoms with Gasteiger partial charge in [-0.1, -0.05) is 84.9 Å². The standard InChI is InChI=1S/C35H40O6/c1-34(2)38-23-35(41-34)32(36-21-25-16-18-27(19-17-25)26-13-7-4-8-14-26)31-30(22-37-35)39-33(40-31)29-20-28(29)15-9-12-24-10-5-3-6-11-24/h3-8,10-11,13-14,16-19,28-33H,9,12,15,20-23H2,1-2H3/t28-,29+,30+,31+,32-,33+,35-/m0/s1. The monoisotopic (exact) mass is 556 g/mol. The minimum atomic E-state index is -1.02. The average molecular weight is 557 g/mol. The number of rotatable bonds is 9. The molecule has 41 heavy (non-hydrogen) atoms. The number of hydrogen-bond donors (Lipinski definition) is 0. The molecule has 3 saturated heterocycles. The van der Waals surface area contributed by atoms with Crippen molar-refractivity contribution in [3.8, 4) is 11.1 Å². The van der Waals surface area contributed by atoms with E-state index in [1.165, 1.54) is 29.5 Å². The van der Waals surface area contributed by atoms with Crippen LogP contribution in [0, 0.1) is 11.8 Å². The Hall–Kier alpha value is -2.58.